The van der Waals surface area contributed by atoms with Gasteiger partial charge in [0.15, 0.2) is 0 Å². The fourth-order valence-electron chi connectivity index (χ4n) is 14.0. The summed E-state index contributed by atoms with van der Waals surface area (Å²) >= 11 is 0. The van der Waals surface area contributed by atoms with Crippen molar-refractivity contribution in [2.24, 2.45) is 11.8 Å². The van der Waals surface area contributed by atoms with Crippen molar-refractivity contribution in [3.8, 4) is 0 Å². The Morgan fingerprint density at radius 1 is 0.476 bits per heavy atom. The van der Waals surface area contributed by atoms with E-state index in [-0.39, 0.29) is 97.1 Å². The predicted octanol–water partition coefficient (Wildman–Crippen LogP) is 6.01. The molecule has 18 nitrogen and oxygen atoms in total. The maximum Gasteiger partial charge on any atom is 0.246 e. The van der Waals surface area contributed by atoms with E-state index in [4.69, 9.17) is 0 Å². The summed E-state index contributed by atoms with van der Waals surface area (Å²) in [5, 5.41) is 25.0. The molecule has 0 unspecified atom stereocenters. The molecule has 0 bridgehead atoms. The second-order valence-electron chi connectivity index (χ2n) is 24.7. The highest BCUT2D eigenvalue weighted by Gasteiger charge is 2.47. The van der Waals surface area contributed by atoms with Crippen LogP contribution in [0.3, 0.4) is 0 Å². The van der Waals surface area contributed by atoms with E-state index in [2.05, 4.69) is 66.8 Å². The molecule has 6 aliphatic rings. The van der Waals surface area contributed by atoms with Crippen molar-refractivity contribution in [3.63, 3.8) is 0 Å². The lowest BCUT2D eigenvalue weighted by Crippen LogP contribution is -2.58. The van der Waals surface area contributed by atoms with Crippen LogP contribution in [0.1, 0.15) is 202 Å². The Morgan fingerprint density at radius 2 is 0.854 bits per heavy atom. The number of likely N-dealkylation sites (N-methyl/N-ethyl adjacent to an activating group) is 2. The normalized spacial score (nSPS) is 24.4. The van der Waals surface area contributed by atoms with Gasteiger partial charge >= 0.3 is 0 Å². The van der Waals surface area contributed by atoms with Crippen LogP contribution in [0.15, 0.2) is 48.5 Å². The number of hydrogen-bond acceptors (Lipinski definition) is 10. The average Bonchev–Trinajstić information content (AvgIpc) is 4.15. The van der Waals surface area contributed by atoms with Crippen molar-refractivity contribution in [2.45, 2.75) is 241 Å². The summed E-state index contributed by atoms with van der Waals surface area (Å²) in [6.45, 7) is 3.88. The number of carbonyl (C=O) groups is 8. The van der Waals surface area contributed by atoms with Crippen LogP contribution in [0.5, 0.6) is 0 Å². The van der Waals surface area contributed by atoms with Gasteiger partial charge in [0.05, 0.1) is 24.2 Å². The number of aryl methyl sites for hydroxylation is 2. The highest BCUT2D eigenvalue weighted by molar-refractivity contribution is 5.95. The summed E-state index contributed by atoms with van der Waals surface area (Å²) in [5.41, 5.74) is 4.64. The monoisotopic (exact) mass is 1130 g/mol. The number of nitrogens with one attached hydrogen (secondary N) is 8. The van der Waals surface area contributed by atoms with Crippen LogP contribution in [0.2, 0.25) is 0 Å². The van der Waals surface area contributed by atoms with Gasteiger partial charge in [-0.05, 0) is 152 Å². The molecule has 10 atom stereocenters. The molecule has 82 heavy (non-hydrogen) atoms. The summed E-state index contributed by atoms with van der Waals surface area (Å²) in [6.07, 6.45) is 20.7. The molecule has 4 fully saturated rings. The third-order valence-corrected chi connectivity index (χ3v) is 19.0. The number of unbranched alkanes of at least 4 members (excludes halogenated alkanes) is 5. The van der Waals surface area contributed by atoms with Crippen molar-refractivity contribution in [2.75, 3.05) is 27.2 Å². The molecule has 8 N–H and O–H groups in total. The number of nitrogens with zero attached hydrogens (tertiary/aromatic N) is 2. The topological polar surface area (TPSA) is 239 Å². The first kappa shape index (κ1) is 62.2. The Morgan fingerprint density at radius 3 is 1.24 bits per heavy atom. The molecular formula is C64H96N10O8. The maximum atomic E-state index is 14.8. The minimum atomic E-state index is -0.805. The first-order chi connectivity index (χ1) is 39.7. The molecule has 0 radical (unpaired) electrons. The zero-order chi connectivity index (χ0) is 58.1. The lowest BCUT2D eigenvalue weighted by Gasteiger charge is -2.35. The summed E-state index contributed by atoms with van der Waals surface area (Å²) in [6, 6.07) is 11.0. The minimum Gasteiger partial charge on any atom is -0.351 e. The van der Waals surface area contributed by atoms with Gasteiger partial charge in [0.2, 0.25) is 47.3 Å². The number of benzene rings is 2. The molecule has 2 saturated heterocycles. The Labute approximate surface area is 487 Å². The smallest absolute Gasteiger partial charge is 0.246 e. The summed E-state index contributed by atoms with van der Waals surface area (Å²) in [5.74, 6) is -1.88. The van der Waals surface area contributed by atoms with Crippen molar-refractivity contribution >= 4 is 47.3 Å². The second-order valence-corrected chi connectivity index (χ2v) is 24.7. The lowest BCUT2D eigenvalue weighted by molar-refractivity contribution is -0.143. The van der Waals surface area contributed by atoms with Crippen LogP contribution in [-0.4, -0.2) is 133 Å². The molecule has 0 spiro atoms. The first-order valence-corrected chi connectivity index (χ1v) is 31.6. The van der Waals surface area contributed by atoms with Crippen LogP contribution in [0, 0.1) is 11.8 Å². The van der Waals surface area contributed by atoms with Gasteiger partial charge < -0.3 is 52.3 Å². The van der Waals surface area contributed by atoms with Crippen LogP contribution >= 0.6 is 0 Å². The highest BCUT2D eigenvalue weighted by Crippen LogP contribution is 2.35. The molecule has 2 aromatic rings. The van der Waals surface area contributed by atoms with E-state index in [1.165, 1.54) is 11.1 Å². The van der Waals surface area contributed by atoms with Gasteiger partial charge in [-0.3, -0.25) is 38.4 Å². The van der Waals surface area contributed by atoms with E-state index < -0.39 is 48.3 Å². The van der Waals surface area contributed by atoms with E-state index >= 15 is 0 Å². The number of amides is 8. The van der Waals surface area contributed by atoms with E-state index in [1.54, 1.807) is 37.7 Å². The van der Waals surface area contributed by atoms with Gasteiger partial charge in [-0.2, -0.15) is 0 Å². The lowest BCUT2D eigenvalue weighted by atomic mass is 9.83. The molecule has 450 valence electrons. The van der Waals surface area contributed by atoms with Crippen molar-refractivity contribution in [1.29, 1.82) is 0 Å². The van der Waals surface area contributed by atoms with E-state index in [0.29, 0.717) is 25.7 Å². The Kier molecular flexibility index (Phi) is 23.2. The Hall–Kier alpha value is -5.88. The van der Waals surface area contributed by atoms with Crippen LogP contribution in [0.4, 0.5) is 0 Å². The van der Waals surface area contributed by atoms with E-state index in [0.717, 1.165) is 140 Å². The quantitative estimate of drug-likeness (QED) is 0.0539. The average molecular weight is 1130 g/mol. The molecule has 2 aromatic carbocycles. The molecule has 18 heteroatoms. The Bertz CT molecular complexity index is 2340. The molecular weight excluding hydrogens is 1040 g/mol. The van der Waals surface area contributed by atoms with Crippen molar-refractivity contribution in [3.05, 3.63) is 70.8 Å². The van der Waals surface area contributed by atoms with Crippen molar-refractivity contribution < 1.29 is 38.4 Å². The van der Waals surface area contributed by atoms with E-state index in [9.17, 15) is 38.4 Å². The van der Waals surface area contributed by atoms with Gasteiger partial charge in [0.25, 0.3) is 0 Å². The standard InChI is InChI=1S/C64H96N10O8/c1-41(65-3)59(77)71-57(45-25-11-9-12-26-45)63(81)73-39-47(37-53(73)61(79)69-51-33-21-29-43-23-17-19-31-49(43)51)67-55(75)35-15-7-5-6-8-16-36-56(76)68-48-38-54(62(80)70-52-34-22-30-44-24-18-20-32-50(44)52)74(40-48)64(82)58(46-27-13-10-14-28-46)72-60(78)42(2)66-4/h17-20,23-24,31-32,41-42,45-48,51-54,57-58,65-66H,5-16,21-22,25-30,33-40H2,1-4H3,(H,67,75)(H,68,76)(H,69,79)(H,70,80)(H,71,77)(H,72,78)/t41-,42-,47-,48-,51+,52+,53-,54-,57-,58-/m0/s1. The van der Waals surface area contributed by atoms with Gasteiger partial charge in [-0.15, -0.1) is 0 Å². The van der Waals surface area contributed by atoms with Gasteiger partial charge in [0, 0.05) is 38.0 Å². The van der Waals surface area contributed by atoms with Crippen LogP contribution < -0.4 is 42.5 Å². The largest absolute Gasteiger partial charge is 0.351 e. The number of rotatable bonds is 25. The fraction of sp³-hybridized carbons (Fsp3) is 0.688. The third-order valence-electron chi connectivity index (χ3n) is 19.0. The Balaban J connectivity index is 0.811. The molecule has 2 heterocycles. The number of carbonyl (C=O) groups excluding carboxylic acids is 8. The molecule has 8 amide bonds. The van der Waals surface area contributed by atoms with Gasteiger partial charge in [-0.1, -0.05) is 113 Å². The first-order valence-electron chi connectivity index (χ1n) is 31.6. The van der Waals surface area contributed by atoms with Gasteiger partial charge in [-0.25, -0.2) is 0 Å². The predicted molar refractivity (Wildman–Crippen MR) is 316 cm³/mol. The third kappa shape index (κ3) is 16.5. The summed E-state index contributed by atoms with van der Waals surface area (Å²) in [4.78, 5) is 115. The highest BCUT2D eigenvalue weighted by atomic mass is 16.2. The summed E-state index contributed by atoms with van der Waals surface area (Å²) in [7, 11) is 3.42. The number of likely N-dealkylation sites (tertiary alicyclic amines) is 2. The zero-order valence-electron chi connectivity index (χ0n) is 49.5. The number of fused-ring (bicyclic) bond motifs is 2. The minimum absolute atomic E-state index is 0.0459. The molecule has 2 saturated carbocycles. The number of hydrogen-bond donors (Lipinski definition) is 8. The molecule has 4 aliphatic carbocycles. The van der Waals surface area contributed by atoms with Crippen molar-refractivity contribution in [1.82, 2.24) is 52.3 Å². The van der Waals surface area contributed by atoms with Crippen LogP contribution in [0.25, 0.3) is 0 Å². The SMILES string of the molecule is CN[C@@H](C)C(=O)N[C@H](C(=O)N1C[C@@H](NC(=O)CCCCCCCCC(=O)N[C@H]2C[C@@H](C(=O)N[C@@H]3CCCc4ccccc43)N(C(=O)[C@@H](NC(=O)[C@H](C)NC)C3CCCCC3)C2)C[C@H]1C(=O)N[C@@H]1CCCc2ccccc21)C1CCCCC1. The second kappa shape index (κ2) is 30.6. The van der Waals surface area contributed by atoms with E-state index in [1.807, 2.05) is 24.3 Å². The summed E-state index contributed by atoms with van der Waals surface area (Å²) < 4.78 is 0. The van der Waals surface area contributed by atoms with Crippen LogP contribution in [-0.2, 0) is 51.2 Å². The molecule has 8 rings (SSSR count). The fourth-order valence-corrected chi connectivity index (χ4v) is 14.0. The maximum absolute atomic E-state index is 14.8. The molecule has 2 aliphatic heterocycles. The van der Waals surface area contributed by atoms with Gasteiger partial charge in [0.1, 0.15) is 24.2 Å². The molecule has 0 aromatic heterocycles. The zero-order valence-corrected chi connectivity index (χ0v) is 49.5.